The highest BCUT2D eigenvalue weighted by Gasteiger charge is 2.16. The van der Waals surface area contributed by atoms with Crippen LogP contribution in [0.1, 0.15) is 18.9 Å². The van der Waals surface area contributed by atoms with Crippen molar-refractivity contribution in [2.45, 2.75) is 19.9 Å². The lowest BCUT2D eigenvalue weighted by molar-refractivity contribution is 0.0365. The van der Waals surface area contributed by atoms with Crippen LogP contribution >= 0.6 is 0 Å². The van der Waals surface area contributed by atoms with Gasteiger partial charge in [-0.2, -0.15) is 0 Å². The number of hydrogen-bond donors (Lipinski definition) is 1. The van der Waals surface area contributed by atoms with E-state index in [1.54, 1.807) is 12.4 Å². The molecule has 1 fully saturated rings. The van der Waals surface area contributed by atoms with Crippen LogP contribution in [0.3, 0.4) is 0 Å². The van der Waals surface area contributed by atoms with Gasteiger partial charge in [-0.1, -0.05) is 0 Å². The number of hydrogen-bond acceptors (Lipinski definition) is 5. The van der Waals surface area contributed by atoms with Gasteiger partial charge in [0.25, 0.3) is 0 Å². The first-order valence-electron chi connectivity index (χ1n) is 10.2. The molecule has 1 aliphatic heterocycles. The summed E-state index contributed by atoms with van der Waals surface area (Å²) >= 11 is 0. The van der Waals surface area contributed by atoms with Gasteiger partial charge in [0, 0.05) is 50.8 Å². The van der Waals surface area contributed by atoms with Crippen molar-refractivity contribution in [3.8, 4) is 5.75 Å². The molecule has 0 spiro atoms. The second-order valence-corrected chi connectivity index (χ2v) is 6.97. The van der Waals surface area contributed by atoms with Crippen molar-refractivity contribution in [3.05, 3.63) is 54.4 Å². The average Bonchev–Trinajstić information content (AvgIpc) is 2.76. The van der Waals surface area contributed by atoms with Crippen LogP contribution in [0.15, 0.2) is 48.8 Å². The van der Waals surface area contributed by atoms with E-state index in [-0.39, 0.29) is 6.03 Å². The van der Waals surface area contributed by atoms with Crippen molar-refractivity contribution >= 4 is 11.7 Å². The molecule has 7 heteroatoms. The summed E-state index contributed by atoms with van der Waals surface area (Å²) in [7, 11) is 0. The molecule has 29 heavy (non-hydrogen) atoms. The van der Waals surface area contributed by atoms with Crippen molar-refractivity contribution < 1.29 is 14.3 Å². The Kier molecular flexibility index (Phi) is 8.27. The minimum absolute atomic E-state index is 0.104. The first-order valence-corrected chi connectivity index (χ1v) is 10.2. The number of nitrogens with zero attached hydrogens (tertiary/aromatic N) is 3. The summed E-state index contributed by atoms with van der Waals surface area (Å²) < 4.78 is 10.9. The van der Waals surface area contributed by atoms with E-state index < -0.39 is 0 Å². The Bertz CT molecular complexity index is 733. The van der Waals surface area contributed by atoms with E-state index in [0.717, 1.165) is 56.3 Å². The lowest BCUT2D eigenvalue weighted by Gasteiger charge is -2.28. The number of nitrogens with one attached hydrogen (secondary N) is 1. The van der Waals surface area contributed by atoms with Gasteiger partial charge in [0.2, 0.25) is 0 Å². The van der Waals surface area contributed by atoms with Crippen molar-refractivity contribution in [1.29, 1.82) is 0 Å². The highest BCUT2D eigenvalue weighted by Crippen LogP contribution is 2.17. The lowest BCUT2D eigenvalue weighted by Crippen LogP contribution is -2.40. The van der Waals surface area contributed by atoms with E-state index in [9.17, 15) is 4.79 Å². The van der Waals surface area contributed by atoms with E-state index in [1.807, 2.05) is 48.2 Å². The maximum absolute atomic E-state index is 12.9. The quantitative estimate of drug-likeness (QED) is 0.702. The van der Waals surface area contributed by atoms with E-state index >= 15 is 0 Å². The number of amides is 2. The van der Waals surface area contributed by atoms with E-state index in [4.69, 9.17) is 9.47 Å². The summed E-state index contributed by atoms with van der Waals surface area (Å²) in [4.78, 5) is 21.2. The molecular formula is C22H30N4O3. The Morgan fingerprint density at radius 2 is 1.90 bits per heavy atom. The third-order valence-corrected chi connectivity index (χ3v) is 4.83. The normalized spacial score (nSPS) is 14.4. The number of aromatic nitrogens is 1. The summed E-state index contributed by atoms with van der Waals surface area (Å²) in [6.07, 6.45) is 4.43. The van der Waals surface area contributed by atoms with Crippen LogP contribution in [0, 0.1) is 0 Å². The van der Waals surface area contributed by atoms with Gasteiger partial charge in [-0.25, -0.2) is 4.79 Å². The van der Waals surface area contributed by atoms with Gasteiger partial charge in [0.1, 0.15) is 5.75 Å². The molecular weight excluding hydrogens is 368 g/mol. The number of urea groups is 1. The Labute approximate surface area is 172 Å². The van der Waals surface area contributed by atoms with Crippen LogP contribution < -0.4 is 10.1 Å². The van der Waals surface area contributed by atoms with Crippen LogP contribution in [0.2, 0.25) is 0 Å². The molecule has 2 aromatic rings. The zero-order valence-electron chi connectivity index (χ0n) is 17.0. The minimum atomic E-state index is -0.104. The van der Waals surface area contributed by atoms with Gasteiger partial charge in [-0.15, -0.1) is 0 Å². The molecule has 1 aliphatic rings. The zero-order chi connectivity index (χ0) is 20.3. The van der Waals surface area contributed by atoms with Crippen molar-refractivity contribution in [2.24, 2.45) is 0 Å². The molecule has 1 N–H and O–H groups in total. The molecule has 0 atom stereocenters. The van der Waals surface area contributed by atoms with E-state index in [2.05, 4.69) is 15.2 Å². The molecule has 0 saturated carbocycles. The van der Waals surface area contributed by atoms with Gasteiger partial charge in [-0.3, -0.25) is 9.88 Å². The Morgan fingerprint density at radius 1 is 1.17 bits per heavy atom. The molecule has 3 rings (SSSR count). The van der Waals surface area contributed by atoms with Crippen LogP contribution in [0.25, 0.3) is 0 Å². The SMILES string of the molecule is CCOc1ccc(NC(=O)N(CCCN2CCOCC2)Cc2ccncc2)cc1. The smallest absolute Gasteiger partial charge is 0.322 e. The molecule has 0 aliphatic carbocycles. The van der Waals surface area contributed by atoms with Crippen LogP contribution in [0.4, 0.5) is 10.5 Å². The van der Waals surface area contributed by atoms with Gasteiger partial charge >= 0.3 is 6.03 Å². The molecule has 1 aromatic heterocycles. The number of benzene rings is 1. The minimum Gasteiger partial charge on any atom is -0.494 e. The molecule has 1 aromatic carbocycles. The fourth-order valence-electron chi connectivity index (χ4n) is 3.27. The highest BCUT2D eigenvalue weighted by molar-refractivity contribution is 5.89. The number of ether oxygens (including phenoxy) is 2. The fourth-order valence-corrected chi connectivity index (χ4v) is 3.27. The summed E-state index contributed by atoms with van der Waals surface area (Å²) in [5, 5.41) is 3.00. The molecule has 2 heterocycles. The Hall–Kier alpha value is -2.64. The fraction of sp³-hybridized carbons (Fsp3) is 0.455. The third-order valence-electron chi connectivity index (χ3n) is 4.83. The van der Waals surface area contributed by atoms with Gasteiger partial charge in [0.15, 0.2) is 0 Å². The maximum atomic E-state index is 12.9. The molecule has 0 radical (unpaired) electrons. The molecule has 0 unspecified atom stereocenters. The predicted molar refractivity (Wildman–Crippen MR) is 113 cm³/mol. The number of carbonyl (C=O) groups excluding carboxylic acids is 1. The molecule has 1 saturated heterocycles. The number of carbonyl (C=O) groups is 1. The van der Waals surface area contributed by atoms with Crippen LogP contribution in [-0.2, 0) is 11.3 Å². The predicted octanol–water partition coefficient (Wildman–Crippen LogP) is 3.24. The van der Waals surface area contributed by atoms with Crippen LogP contribution in [-0.4, -0.2) is 66.8 Å². The van der Waals surface area contributed by atoms with Gasteiger partial charge < -0.3 is 19.7 Å². The number of pyridine rings is 1. The third kappa shape index (κ3) is 7.03. The first-order chi connectivity index (χ1) is 14.2. The standard InChI is InChI=1S/C22H30N4O3/c1-2-29-21-6-4-20(5-7-21)24-22(27)26(18-19-8-10-23-11-9-19)13-3-12-25-14-16-28-17-15-25/h4-11H,2-3,12-18H2,1H3,(H,24,27). The summed E-state index contributed by atoms with van der Waals surface area (Å²) in [5.41, 5.74) is 1.82. The highest BCUT2D eigenvalue weighted by atomic mass is 16.5. The Morgan fingerprint density at radius 3 is 2.59 bits per heavy atom. The van der Waals surface area contributed by atoms with Crippen LogP contribution in [0.5, 0.6) is 5.75 Å². The Balaban J connectivity index is 1.58. The second kappa shape index (κ2) is 11.4. The average molecular weight is 399 g/mol. The summed E-state index contributed by atoms with van der Waals surface area (Å²) in [6, 6.07) is 11.2. The van der Waals surface area contributed by atoms with E-state index in [1.165, 1.54) is 0 Å². The molecule has 2 amide bonds. The maximum Gasteiger partial charge on any atom is 0.322 e. The summed E-state index contributed by atoms with van der Waals surface area (Å²) in [5.74, 6) is 0.796. The monoisotopic (exact) mass is 398 g/mol. The second-order valence-electron chi connectivity index (χ2n) is 6.97. The first kappa shape index (κ1) is 21.1. The molecule has 156 valence electrons. The lowest BCUT2D eigenvalue weighted by atomic mass is 10.2. The number of anilines is 1. The number of rotatable bonds is 9. The van der Waals surface area contributed by atoms with Gasteiger partial charge in [-0.05, 0) is 55.3 Å². The van der Waals surface area contributed by atoms with Gasteiger partial charge in [0.05, 0.1) is 19.8 Å². The van der Waals surface area contributed by atoms with Crippen molar-refractivity contribution in [2.75, 3.05) is 51.3 Å². The topological polar surface area (TPSA) is 66.9 Å². The van der Waals surface area contributed by atoms with Crippen molar-refractivity contribution in [3.63, 3.8) is 0 Å². The van der Waals surface area contributed by atoms with Crippen molar-refractivity contribution in [1.82, 2.24) is 14.8 Å². The molecule has 0 bridgehead atoms. The largest absolute Gasteiger partial charge is 0.494 e. The summed E-state index contributed by atoms with van der Waals surface area (Å²) in [6.45, 7) is 8.27. The zero-order valence-corrected chi connectivity index (χ0v) is 17.0. The molecule has 7 nitrogen and oxygen atoms in total. The number of morpholine rings is 1. The van der Waals surface area contributed by atoms with E-state index in [0.29, 0.717) is 19.7 Å².